The zero-order chi connectivity index (χ0) is 14.4. The maximum absolute atomic E-state index is 11.9. The summed E-state index contributed by atoms with van der Waals surface area (Å²) in [5.74, 6) is 0.400. The van der Waals surface area contributed by atoms with Crippen LogP contribution >= 0.6 is 0 Å². The lowest BCUT2D eigenvalue weighted by Gasteiger charge is -2.26. The highest BCUT2D eigenvalue weighted by Crippen LogP contribution is 2.23. The molecule has 1 aliphatic rings. The Morgan fingerprint density at radius 1 is 1.35 bits per heavy atom. The first-order valence-corrected chi connectivity index (χ1v) is 7.42. The van der Waals surface area contributed by atoms with Crippen molar-refractivity contribution < 1.29 is 9.90 Å². The third-order valence-corrected chi connectivity index (χ3v) is 3.95. The Morgan fingerprint density at radius 2 is 2.10 bits per heavy atom. The van der Waals surface area contributed by atoms with Gasteiger partial charge in [-0.05, 0) is 37.7 Å². The van der Waals surface area contributed by atoms with Gasteiger partial charge >= 0.3 is 6.03 Å². The van der Waals surface area contributed by atoms with E-state index < -0.39 is 0 Å². The fourth-order valence-corrected chi connectivity index (χ4v) is 2.76. The number of amides is 2. The van der Waals surface area contributed by atoms with Crippen LogP contribution in [0.1, 0.15) is 44.2 Å². The van der Waals surface area contributed by atoms with E-state index in [1.165, 1.54) is 0 Å². The summed E-state index contributed by atoms with van der Waals surface area (Å²) < 4.78 is 0. The van der Waals surface area contributed by atoms with Crippen molar-refractivity contribution in [3.8, 4) is 0 Å². The second kappa shape index (κ2) is 7.29. The minimum absolute atomic E-state index is 0.00635. The lowest BCUT2D eigenvalue weighted by molar-refractivity contribution is 0.101. The molecule has 0 saturated heterocycles. The highest BCUT2D eigenvalue weighted by molar-refractivity contribution is 5.74. The van der Waals surface area contributed by atoms with E-state index in [0.29, 0.717) is 12.5 Å². The Balaban J connectivity index is 1.72. The van der Waals surface area contributed by atoms with Crippen LogP contribution in [0.4, 0.5) is 4.79 Å². The first-order chi connectivity index (χ1) is 9.65. The predicted octanol–water partition coefficient (Wildman–Crippen LogP) is 2.60. The van der Waals surface area contributed by atoms with Crippen molar-refractivity contribution in [2.24, 2.45) is 5.92 Å². The van der Waals surface area contributed by atoms with Crippen molar-refractivity contribution in [2.75, 3.05) is 6.54 Å². The molecule has 1 aromatic rings. The minimum Gasteiger partial charge on any atom is -0.393 e. The number of carbonyl (C=O) groups is 1. The molecular weight excluding hydrogens is 252 g/mol. The molecule has 4 nitrogen and oxygen atoms in total. The Morgan fingerprint density at radius 3 is 2.80 bits per heavy atom. The highest BCUT2D eigenvalue weighted by Gasteiger charge is 2.20. The molecule has 1 fully saturated rings. The Bertz CT molecular complexity index is 422. The van der Waals surface area contributed by atoms with Gasteiger partial charge in [0.15, 0.2) is 0 Å². The monoisotopic (exact) mass is 276 g/mol. The third kappa shape index (κ3) is 4.53. The Labute approximate surface area is 120 Å². The molecule has 0 bridgehead atoms. The van der Waals surface area contributed by atoms with Crippen LogP contribution in [0, 0.1) is 5.92 Å². The molecule has 4 heteroatoms. The molecule has 3 N–H and O–H groups in total. The zero-order valence-electron chi connectivity index (χ0n) is 12.0. The molecule has 1 aromatic carbocycles. The maximum Gasteiger partial charge on any atom is 0.315 e. The number of hydrogen-bond acceptors (Lipinski definition) is 2. The number of aliphatic hydroxyl groups is 1. The standard InChI is InChI=1S/C16H24N2O2/c1-12(14-7-3-2-4-8-14)18-16(20)17-11-13-6-5-9-15(19)10-13/h2-4,7-8,12-13,15,19H,5-6,9-11H2,1H3,(H2,17,18,20). The summed E-state index contributed by atoms with van der Waals surface area (Å²) in [5.41, 5.74) is 1.09. The average molecular weight is 276 g/mol. The van der Waals surface area contributed by atoms with Gasteiger partial charge in [-0.1, -0.05) is 36.8 Å². The summed E-state index contributed by atoms with van der Waals surface area (Å²) in [7, 11) is 0. The topological polar surface area (TPSA) is 61.4 Å². The molecule has 0 radical (unpaired) electrons. The number of hydrogen-bond donors (Lipinski definition) is 3. The van der Waals surface area contributed by atoms with Gasteiger partial charge in [0.2, 0.25) is 0 Å². The van der Waals surface area contributed by atoms with Gasteiger partial charge in [-0.3, -0.25) is 0 Å². The van der Waals surface area contributed by atoms with Gasteiger partial charge in [0, 0.05) is 6.54 Å². The first kappa shape index (κ1) is 14.9. The van der Waals surface area contributed by atoms with Gasteiger partial charge in [0.05, 0.1) is 12.1 Å². The fourth-order valence-electron chi connectivity index (χ4n) is 2.76. The summed E-state index contributed by atoms with van der Waals surface area (Å²) in [6.07, 6.45) is 3.64. The number of urea groups is 1. The van der Waals surface area contributed by atoms with E-state index in [1.54, 1.807) is 0 Å². The van der Waals surface area contributed by atoms with Crippen LogP contribution in [0.25, 0.3) is 0 Å². The largest absolute Gasteiger partial charge is 0.393 e. The summed E-state index contributed by atoms with van der Waals surface area (Å²) in [6, 6.07) is 9.76. The molecule has 0 aromatic heterocycles. The molecule has 1 saturated carbocycles. The van der Waals surface area contributed by atoms with Crippen LogP contribution < -0.4 is 10.6 Å². The Kier molecular flexibility index (Phi) is 5.41. The highest BCUT2D eigenvalue weighted by atomic mass is 16.3. The summed E-state index contributed by atoms with van der Waals surface area (Å²) in [4.78, 5) is 11.9. The van der Waals surface area contributed by atoms with Crippen LogP contribution in [0.3, 0.4) is 0 Å². The molecule has 2 rings (SSSR count). The van der Waals surface area contributed by atoms with Gasteiger partial charge in [-0.15, -0.1) is 0 Å². The molecule has 20 heavy (non-hydrogen) atoms. The second-order valence-electron chi connectivity index (χ2n) is 5.67. The van der Waals surface area contributed by atoms with Crippen molar-refractivity contribution in [3.05, 3.63) is 35.9 Å². The van der Waals surface area contributed by atoms with Crippen LogP contribution in [-0.4, -0.2) is 23.8 Å². The van der Waals surface area contributed by atoms with E-state index in [2.05, 4.69) is 10.6 Å². The van der Waals surface area contributed by atoms with E-state index in [0.717, 1.165) is 31.2 Å². The van der Waals surface area contributed by atoms with E-state index >= 15 is 0 Å². The molecule has 3 atom stereocenters. The van der Waals surface area contributed by atoms with Crippen molar-refractivity contribution in [1.29, 1.82) is 0 Å². The number of nitrogens with one attached hydrogen (secondary N) is 2. The quantitative estimate of drug-likeness (QED) is 0.791. The second-order valence-corrected chi connectivity index (χ2v) is 5.67. The van der Waals surface area contributed by atoms with Crippen LogP contribution in [0.2, 0.25) is 0 Å². The van der Waals surface area contributed by atoms with Crippen molar-refractivity contribution in [3.63, 3.8) is 0 Å². The van der Waals surface area contributed by atoms with Gasteiger partial charge in [-0.25, -0.2) is 4.79 Å². The number of aliphatic hydroxyl groups excluding tert-OH is 1. The smallest absolute Gasteiger partial charge is 0.315 e. The maximum atomic E-state index is 11.9. The van der Waals surface area contributed by atoms with E-state index in [1.807, 2.05) is 37.3 Å². The first-order valence-electron chi connectivity index (χ1n) is 7.42. The minimum atomic E-state index is -0.193. The summed E-state index contributed by atoms with van der Waals surface area (Å²) >= 11 is 0. The normalized spacial score (nSPS) is 23.9. The van der Waals surface area contributed by atoms with Crippen molar-refractivity contribution >= 4 is 6.03 Å². The van der Waals surface area contributed by atoms with Gasteiger partial charge in [-0.2, -0.15) is 0 Å². The summed E-state index contributed by atoms with van der Waals surface area (Å²) in [5, 5.41) is 15.5. The lowest BCUT2D eigenvalue weighted by atomic mass is 9.87. The van der Waals surface area contributed by atoms with Crippen LogP contribution in [0.15, 0.2) is 30.3 Å². The van der Waals surface area contributed by atoms with Gasteiger partial charge < -0.3 is 15.7 Å². The molecule has 3 unspecified atom stereocenters. The Hall–Kier alpha value is -1.55. The number of rotatable bonds is 4. The molecular formula is C16H24N2O2. The van der Waals surface area contributed by atoms with Gasteiger partial charge in [0.1, 0.15) is 0 Å². The fraction of sp³-hybridized carbons (Fsp3) is 0.562. The van der Waals surface area contributed by atoms with Crippen molar-refractivity contribution in [2.45, 2.75) is 44.8 Å². The molecule has 0 spiro atoms. The molecule has 0 heterocycles. The van der Waals surface area contributed by atoms with Gasteiger partial charge in [0.25, 0.3) is 0 Å². The summed E-state index contributed by atoms with van der Waals surface area (Å²) in [6.45, 7) is 2.61. The average Bonchev–Trinajstić information content (AvgIpc) is 2.46. The SMILES string of the molecule is CC(NC(=O)NCC1CCCC(O)C1)c1ccccc1. The van der Waals surface area contributed by atoms with Crippen LogP contribution in [0.5, 0.6) is 0 Å². The van der Waals surface area contributed by atoms with Crippen molar-refractivity contribution in [1.82, 2.24) is 10.6 Å². The van der Waals surface area contributed by atoms with Crippen LogP contribution in [-0.2, 0) is 0 Å². The number of carbonyl (C=O) groups excluding carboxylic acids is 1. The molecule has 110 valence electrons. The number of benzene rings is 1. The third-order valence-electron chi connectivity index (χ3n) is 3.95. The molecule has 1 aliphatic carbocycles. The predicted molar refractivity (Wildman–Crippen MR) is 79.4 cm³/mol. The lowest BCUT2D eigenvalue weighted by Crippen LogP contribution is -2.40. The van der Waals surface area contributed by atoms with E-state index in [9.17, 15) is 9.90 Å². The van der Waals surface area contributed by atoms with E-state index in [-0.39, 0.29) is 18.2 Å². The zero-order valence-corrected chi connectivity index (χ0v) is 12.0. The van der Waals surface area contributed by atoms with E-state index in [4.69, 9.17) is 0 Å². The molecule has 0 aliphatic heterocycles. The molecule has 2 amide bonds.